The lowest BCUT2D eigenvalue weighted by Crippen LogP contribution is -2.42. The molecule has 2 aliphatic heterocycles. The second kappa shape index (κ2) is 7.50. The van der Waals surface area contributed by atoms with Gasteiger partial charge in [-0.3, -0.25) is 4.79 Å². The number of carbonyl (C=O) groups excluding carboxylic acids is 1. The molecule has 1 amide bonds. The highest BCUT2D eigenvalue weighted by molar-refractivity contribution is 5.95. The normalized spacial score (nSPS) is 23.2. The van der Waals surface area contributed by atoms with Crippen molar-refractivity contribution in [2.75, 3.05) is 26.3 Å². The molecule has 5 heteroatoms. The van der Waals surface area contributed by atoms with Crippen molar-refractivity contribution in [1.82, 2.24) is 9.88 Å². The van der Waals surface area contributed by atoms with Crippen LogP contribution in [0.25, 0.3) is 10.9 Å². The van der Waals surface area contributed by atoms with Crippen LogP contribution in [-0.4, -0.2) is 54.3 Å². The van der Waals surface area contributed by atoms with Crippen LogP contribution >= 0.6 is 0 Å². The molecule has 0 unspecified atom stereocenters. The van der Waals surface area contributed by atoms with Crippen molar-refractivity contribution in [3.63, 3.8) is 0 Å². The summed E-state index contributed by atoms with van der Waals surface area (Å²) in [7, 11) is 0. The molecule has 0 aliphatic carbocycles. The van der Waals surface area contributed by atoms with Crippen molar-refractivity contribution in [2.45, 2.75) is 37.9 Å². The highest BCUT2D eigenvalue weighted by Gasteiger charge is 2.28. The number of para-hydroxylation sites is 1. The molecule has 4 rings (SSSR count). The maximum absolute atomic E-state index is 13.1. The van der Waals surface area contributed by atoms with Gasteiger partial charge in [0.1, 0.15) is 5.69 Å². The molecule has 1 aromatic heterocycles. The van der Waals surface area contributed by atoms with Crippen LogP contribution in [0.4, 0.5) is 0 Å². The van der Waals surface area contributed by atoms with Crippen LogP contribution in [-0.2, 0) is 9.47 Å². The number of aromatic nitrogens is 1. The third kappa shape index (κ3) is 3.83. The smallest absolute Gasteiger partial charge is 0.272 e. The molecule has 132 valence electrons. The van der Waals surface area contributed by atoms with Crippen molar-refractivity contribution >= 4 is 16.8 Å². The molecule has 5 nitrogen and oxygen atoms in total. The number of pyridine rings is 1. The number of hydrogen-bond acceptors (Lipinski definition) is 4. The predicted octanol–water partition coefficient (Wildman–Crippen LogP) is 3.04. The first kappa shape index (κ1) is 16.5. The molecular formula is C20H24N2O3. The number of hydrogen-bond donors (Lipinski definition) is 0. The third-order valence-corrected chi connectivity index (χ3v) is 5.00. The summed E-state index contributed by atoms with van der Waals surface area (Å²) < 4.78 is 11.5. The van der Waals surface area contributed by atoms with Crippen molar-refractivity contribution in [3.05, 3.63) is 42.1 Å². The Balaban J connectivity index is 1.55. The minimum atomic E-state index is -0.0308. The molecule has 0 N–H and O–H groups in total. The maximum Gasteiger partial charge on any atom is 0.272 e. The highest BCUT2D eigenvalue weighted by Crippen LogP contribution is 2.19. The van der Waals surface area contributed by atoms with E-state index in [2.05, 4.69) is 4.98 Å². The molecule has 2 atom stereocenters. The summed E-state index contributed by atoms with van der Waals surface area (Å²) in [6, 6.07) is 11.7. The number of fused-ring (bicyclic) bond motifs is 1. The first-order chi connectivity index (χ1) is 12.3. The fourth-order valence-corrected chi connectivity index (χ4v) is 3.66. The zero-order chi connectivity index (χ0) is 17.1. The number of carbonyl (C=O) groups is 1. The lowest BCUT2D eigenvalue weighted by Gasteiger charge is -2.27. The highest BCUT2D eigenvalue weighted by atomic mass is 16.5. The molecule has 2 saturated heterocycles. The van der Waals surface area contributed by atoms with Crippen LogP contribution in [0.3, 0.4) is 0 Å². The van der Waals surface area contributed by atoms with E-state index in [0.717, 1.165) is 49.8 Å². The summed E-state index contributed by atoms with van der Waals surface area (Å²) in [5.41, 5.74) is 1.34. The van der Waals surface area contributed by atoms with Crippen LogP contribution in [0, 0.1) is 0 Å². The summed E-state index contributed by atoms with van der Waals surface area (Å²) in [5.74, 6) is -0.0308. The number of nitrogens with zero attached hydrogens (tertiary/aromatic N) is 2. The van der Waals surface area contributed by atoms with Crippen LogP contribution in [0.15, 0.2) is 36.4 Å². The van der Waals surface area contributed by atoms with Gasteiger partial charge in [-0.2, -0.15) is 0 Å². The molecule has 0 spiro atoms. The van der Waals surface area contributed by atoms with E-state index in [0.29, 0.717) is 18.8 Å². The van der Waals surface area contributed by atoms with Gasteiger partial charge in [-0.1, -0.05) is 24.3 Å². The van der Waals surface area contributed by atoms with Gasteiger partial charge in [-0.15, -0.1) is 0 Å². The van der Waals surface area contributed by atoms with Crippen molar-refractivity contribution < 1.29 is 14.3 Å². The largest absolute Gasteiger partial charge is 0.376 e. The second-order valence-corrected chi connectivity index (χ2v) is 6.87. The maximum atomic E-state index is 13.1. The number of ether oxygens (including phenoxy) is 2. The Labute approximate surface area is 147 Å². The summed E-state index contributed by atoms with van der Waals surface area (Å²) in [6.45, 7) is 2.82. The van der Waals surface area contributed by atoms with Crippen molar-refractivity contribution in [1.29, 1.82) is 0 Å². The van der Waals surface area contributed by atoms with E-state index in [1.54, 1.807) is 0 Å². The first-order valence-electron chi connectivity index (χ1n) is 9.18. The lowest BCUT2D eigenvalue weighted by molar-refractivity contribution is 0.0304. The molecule has 2 aromatic rings. The fourth-order valence-electron chi connectivity index (χ4n) is 3.66. The van der Waals surface area contributed by atoms with E-state index in [1.807, 2.05) is 41.3 Å². The van der Waals surface area contributed by atoms with Gasteiger partial charge < -0.3 is 14.4 Å². The second-order valence-electron chi connectivity index (χ2n) is 6.87. The quantitative estimate of drug-likeness (QED) is 0.839. The Morgan fingerprint density at radius 2 is 1.68 bits per heavy atom. The SMILES string of the molecule is O=C(c1ccc2ccccc2n1)N(C[C@H]1CCCO1)C[C@@H]1CCCO1. The number of rotatable bonds is 5. The van der Waals surface area contributed by atoms with Gasteiger partial charge in [-0.05, 0) is 37.8 Å². The van der Waals surface area contributed by atoms with E-state index in [-0.39, 0.29) is 18.1 Å². The lowest BCUT2D eigenvalue weighted by atomic mass is 10.1. The van der Waals surface area contributed by atoms with Crippen molar-refractivity contribution in [3.8, 4) is 0 Å². The summed E-state index contributed by atoms with van der Waals surface area (Å²) in [4.78, 5) is 19.6. The molecule has 2 aliphatic rings. The van der Waals surface area contributed by atoms with Crippen LogP contribution in [0.1, 0.15) is 36.2 Å². The van der Waals surface area contributed by atoms with Crippen LogP contribution in [0.5, 0.6) is 0 Å². The fraction of sp³-hybridized carbons (Fsp3) is 0.500. The third-order valence-electron chi connectivity index (χ3n) is 5.00. The molecule has 0 saturated carbocycles. The zero-order valence-corrected chi connectivity index (χ0v) is 14.4. The van der Waals surface area contributed by atoms with E-state index < -0.39 is 0 Å². The molecule has 0 bridgehead atoms. The van der Waals surface area contributed by atoms with E-state index in [1.165, 1.54) is 0 Å². The molecule has 1 aromatic carbocycles. The van der Waals surface area contributed by atoms with Gasteiger partial charge >= 0.3 is 0 Å². The minimum Gasteiger partial charge on any atom is -0.376 e. The monoisotopic (exact) mass is 340 g/mol. The molecule has 3 heterocycles. The van der Waals surface area contributed by atoms with Crippen LogP contribution < -0.4 is 0 Å². The van der Waals surface area contributed by atoms with E-state index >= 15 is 0 Å². The Morgan fingerprint density at radius 1 is 1.00 bits per heavy atom. The van der Waals surface area contributed by atoms with Crippen LogP contribution in [0.2, 0.25) is 0 Å². The Kier molecular flexibility index (Phi) is 4.95. The standard InChI is InChI=1S/C20H24N2O3/c23-20(19-10-9-15-5-1-2-8-18(15)21-19)22(13-16-6-3-11-24-16)14-17-7-4-12-25-17/h1-2,5,8-10,16-17H,3-4,6-7,11-14H2/t16-,17+. The predicted molar refractivity (Wildman–Crippen MR) is 95.6 cm³/mol. The average Bonchev–Trinajstić information content (AvgIpc) is 3.34. The van der Waals surface area contributed by atoms with Gasteiger partial charge in [0, 0.05) is 31.7 Å². The molecule has 25 heavy (non-hydrogen) atoms. The van der Waals surface area contributed by atoms with E-state index in [4.69, 9.17) is 9.47 Å². The van der Waals surface area contributed by atoms with Gasteiger partial charge in [0.05, 0.1) is 17.7 Å². The average molecular weight is 340 g/mol. The molecular weight excluding hydrogens is 316 g/mol. The van der Waals surface area contributed by atoms with E-state index in [9.17, 15) is 4.79 Å². The molecule has 0 radical (unpaired) electrons. The molecule has 2 fully saturated rings. The Morgan fingerprint density at radius 3 is 2.32 bits per heavy atom. The Bertz CT molecular complexity index is 719. The van der Waals surface area contributed by atoms with Gasteiger partial charge in [0.25, 0.3) is 5.91 Å². The summed E-state index contributed by atoms with van der Waals surface area (Å²) >= 11 is 0. The minimum absolute atomic E-state index is 0.0308. The number of benzene rings is 1. The Hall–Kier alpha value is -1.98. The summed E-state index contributed by atoms with van der Waals surface area (Å²) in [6.07, 6.45) is 4.43. The topological polar surface area (TPSA) is 51.7 Å². The summed E-state index contributed by atoms with van der Waals surface area (Å²) in [5, 5.41) is 1.05. The van der Waals surface area contributed by atoms with Crippen molar-refractivity contribution in [2.24, 2.45) is 0 Å². The number of amides is 1. The van der Waals surface area contributed by atoms with Gasteiger partial charge in [0.2, 0.25) is 0 Å². The first-order valence-corrected chi connectivity index (χ1v) is 9.18. The zero-order valence-electron chi connectivity index (χ0n) is 14.4. The van der Waals surface area contributed by atoms with Gasteiger partial charge in [-0.25, -0.2) is 4.98 Å². The van der Waals surface area contributed by atoms with Gasteiger partial charge in [0.15, 0.2) is 0 Å².